The summed E-state index contributed by atoms with van der Waals surface area (Å²) >= 11 is 0. The molecule has 8 heteroatoms. The van der Waals surface area contributed by atoms with Crippen LogP contribution in [0.15, 0.2) is 72.1 Å². The van der Waals surface area contributed by atoms with Gasteiger partial charge in [0.1, 0.15) is 23.8 Å². The van der Waals surface area contributed by atoms with Gasteiger partial charge in [0.05, 0.1) is 36.4 Å². The zero-order chi connectivity index (χ0) is 28.6. The third-order valence-electron chi connectivity index (χ3n) is 6.63. The Balaban J connectivity index is 1.93. The molecule has 0 unspecified atom stereocenters. The molecule has 3 aromatic rings. The SMILES string of the molecule is [C-]#[N+]/C(C#N)=C1\C(c2ccc(F)cc2)=C(C#N)c2cc3c(cc21)/C(=C(/C#N)[N+]#[C-])C(c1ccc(F)cc1)=C3C#N. The van der Waals surface area contributed by atoms with Crippen LogP contribution in [0.25, 0.3) is 43.1 Å². The maximum absolute atomic E-state index is 13.7. The highest BCUT2D eigenvalue weighted by Gasteiger charge is 2.36. The van der Waals surface area contributed by atoms with E-state index in [1.807, 2.05) is 12.1 Å². The second kappa shape index (κ2) is 9.71. The van der Waals surface area contributed by atoms with Gasteiger partial charge in [0, 0.05) is 22.3 Å². The van der Waals surface area contributed by atoms with Gasteiger partial charge >= 0.3 is 0 Å². The lowest BCUT2D eigenvalue weighted by molar-refractivity contribution is 0.627. The van der Waals surface area contributed by atoms with Crippen LogP contribution in [0.5, 0.6) is 0 Å². The number of rotatable bonds is 2. The van der Waals surface area contributed by atoms with Crippen molar-refractivity contribution in [3.63, 3.8) is 0 Å². The molecule has 2 aliphatic rings. The highest BCUT2D eigenvalue weighted by atomic mass is 19.1. The number of allylic oxidation sites excluding steroid dienone is 8. The number of hydrogen-bond acceptors (Lipinski definition) is 4. The minimum absolute atomic E-state index is 0.111. The molecule has 0 amide bonds. The molecule has 5 rings (SSSR count). The molecule has 0 radical (unpaired) electrons. The first-order valence-corrected chi connectivity index (χ1v) is 11.5. The molecule has 0 heterocycles. The van der Waals surface area contributed by atoms with Crippen LogP contribution < -0.4 is 0 Å². The van der Waals surface area contributed by atoms with E-state index in [-0.39, 0.29) is 44.8 Å². The van der Waals surface area contributed by atoms with Crippen LogP contribution >= 0.6 is 0 Å². The molecule has 2 aliphatic carbocycles. The molecule has 0 saturated carbocycles. The van der Waals surface area contributed by atoms with E-state index in [0.29, 0.717) is 33.4 Å². The van der Waals surface area contributed by atoms with Gasteiger partial charge < -0.3 is 0 Å². The van der Waals surface area contributed by atoms with Crippen LogP contribution in [0.3, 0.4) is 0 Å². The van der Waals surface area contributed by atoms with Gasteiger partial charge in [-0.2, -0.15) is 10.5 Å². The first kappa shape index (κ1) is 25.1. The number of nitrogens with zero attached hydrogens (tertiary/aromatic N) is 6. The fraction of sp³-hybridized carbons (Fsp3) is 0. The summed E-state index contributed by atoms with van der Waals surface area (Å²) in [5, 5.41) is 40.1. The first-order valence-electron chi connectivity index (χ1n) is 11.5. The molecule has 40 heavy (non-hydrogen) atoms. The Bertz CT molecular complexity index is 1870. The van der Waals surface area contributed by atoms with Gasteiger partial charge in [-0.25, -0.2) is 29.0 Å². The summed E-state index contributed by atoms with van der Waals surface area (Å²) < 4.78 is 27.4. The average molecular weight is 516 g/mol. The van der Waals surface area contributed by atoms with Gasteiger partial charge in [-0.05, 0) is 69.8 Å². The molecular weight excluding hydrogens is 506 g/mol. The molecule has 0 N–H and O–H groups in total. The monoisotopic (exact) mass is 516 g/mol. The van der Waals surface area contributed by atoms with E-state index >= 15 is 0 Å². The zero-order valence-corrected chi connectivity index (χ0v) is 20.2. The van der Waals surface area contributed by atoms with Crippen LogP contribution in [0.1, 0.15) is 33.4 Å². The van der Waals surface area contributed by atoms with Gasteiger partial charge in [0.2, 0.25) is 0 Å². The molecule has 0 spiro atoms. The summed E-state index contributed by atoms with van der Waals surface area (Å²) in [5.41, 5.74) is 2.51. The summed E-state index contributed by atoms with van der Waals surface area (Å²) in [6.45, 7) is 15.2. The van der Waals surface area contributed by atoms with Crippen molar-refractivity contribution in [2.45, 2.75) is 0 Å². The zero-order valence-electron chi connectivity index (χ0n) is 20.2. The lowest BCUT2D eigenvalue weighted by Gasteiger charge is -2.12. The van der Waals surface area contributed by atoms with Gasteiger partial charge in [0.25, 0.3) is 11.4 Å². The molecule has 0 aromatic heterocycles. The van der Waals surface area contributed by atoms with Crippen molar-refractivity contribution in [2.24, 2.45) is 0 Å². The normalized spacial score (nSPS) is 15.5. The Labute approximate surface area is 227 Å². The summed E-state index contributed by atoms with van der Waals surface area (Å²) in [7, 11) is 0. The number of fused-ring (bicyclic) bond motifs is 2. The number of halogens is 2. The number of hydrogen-bond donors (Lipinski definition) is 0. The van der Waals surface area contributed by atoms with Crippen LogP contribution in [0.2, 0.25) is 0 Å². The fourth-order valence-electron chi connectivity index (χ4n) is 5.02. The molecule has 0 saturated heterocycles. The van der Waals surface area contributed by atoms with Crippen molar-refractivity contribution >= 4 is 33.4 Å². The Kier molecular flexibility index (Phi) is 6.09. The first-order chi connectivity index (χ1) is 19.4. The maximum Gasteiger partial charge on any atom is 0.270 e. The molecule has 0 aliphatic heterocycles. The summed E-state index contributed by atoms with van der Waals surface area (Å²) in [6.07, 6.45) is 0. The summed E-state index contributed by atoms with van der Waals surface area (Å²) in [5.74, 6) is -1.02. The van der Waals surface area contributed by atoms with E-state index in [1.165, 1.54) is 48.5 Å². The average Bonchev–Trinajstić information content (AvgIpc) is 3.46. The van der Waals surface area contributed by atoms with E-state index in [4.69, 9.17) is 13.1 Å². The van der Waals surface area contributed by atoms with Gasteiger partial charge in [-0.3, -0.25) is 0 Å². The van der Waals surface area contributed by atoms with Crippen molar-refractivity contribution in [1.29, 1.82) is 21.0 Å². The molecule has 0 atom stereocenters. The Hall–Kier alpha value is -6.58. The van der Waals surface area contributed by atoms with Gasteiger partial charge in [0.15, 0.2) is 0 Å². The highest BCUT2D eigenvalue weighted by molar-refractivity contribution is 6.29. The van der Waals surface area contributed by atoms with E-state index in [0.717, 1.165) is 0 Å². The lowest BCUT2D eigenvalue weighted by Crippen LogP contribution is -1.95. The smallest absolute Gasteiger partial charge is 0.226 e. The van der Waals surface area contributed by atoms with Crippen LogP contribution in [0.4, 0.5) is 8.78 Å². The molecule has 6 nitrogen and oxygen atoms in total. The molecule has 3 aromatic carbocycles. The van der Waals surface area contributed by atoms with Crippen LogP contribution in [-0.4, -0.2) is 0 Å². The Morgan fingerprint density at radius 1 is 0.575 bits per heavy atom. The third-order valence-corrected chi connectivity index (χ3v) is 6.63. The van der Waals surface area contributed by atoms with Gasteiger partial charge in [-0.15, -0.1) is 0 Å². The minimum Gasteiger partial charge on any atom is -0.226 e. The molecule has 0 bridgehead atoms. The Morgan fingerprint density at radius 2 is 0.925 bits per heavy atom. The predicted octanol–water partition coefficient (Wildman–Crippen LogP) is 7.17. The van der Waals surface area contributed by atoms with Crippen LogP contribution in [-0.2, 0) is 0 Å². The predicted molar refractivity (Wildman–Crippen MR) is 142 cm³/mol. The maximum atomic E-state index is 13.7. The minimum atomic E-state index is -0.511. The van der Waals surface area contributed by atoms with E-state index < -0.39 is 11.6 Å². The second-order valence-electron chi connectivity index (χ2n) is 8.58. The van der Waals surface area contributed by atoms with E-state index in [2.05, 4.69) is 21.8 Å². The molecular formula is C32H10F2N6. The number of benzene rings is 3. The molecule has 182 valence electrons. The van der Waals surface area contributed by atoms with Crippen molar-refractivity contribution in [2.75, 3.05) is 0 Å². The van der Waals surface area contributed by atoms with Gasteiger partial charge in [-0.1, -0.05) is 24.3 Å². The topological polar surface area (TPSA) is 104 Å². The van der Waals surface area contributed by atoms with Crippen molar-refractivity contribution in [3.8, 4) is 24.3 Å². The number of nitriles is 4. The highest BCUT2D eigenvalue weighted by Crippen LogP contribution is 2.54. The van der Waals surface area contributed by atoms with Crippen molar-refractivity contribution in [3.05, 3.63) is 140 Å². The van der Waals surface area contributed by atoms with Crippen molar-refractivity contribution < 1.29 is 8.78 Å². The third kappa shape index (κ3) is 3.64. The summed E-state index contributed by atoms with van der Waals surface area (Å²) in [6, 6.07) is 21.7. The Morgan fingerprint density at radius 3 is 1.23 bits per heavy atom. The molecule has 0 fully saturated rings. The largest absolute Gasteiger partial charge is 0.270 e. The summed E-state index contributed by atoms with van der Waals surface area (Å²) in [4.78, 5) is 6.74. The van der Waals surface area contributed by atoms with E-state index in [9.17, 15) is 29.8 Å². The van der Waals surface area contributed by atoms with Crippen LogP contribution in [0, 0.1) is 70.1 Å². The van der Waals surface area contributed by atoms with Crippen molar-refractivity contribution in [1.82, 2.24) is 0 Å². The quantitative estimate of drug-likeness (QED) is 0.266. The standard InChI is InChI=1S/C32H10F2N6/c1-39-27(15-37)31-23-12-24-22(11-21(23)25(13-35)29(31)17-3-7-19(33)8-4-17)26(14-36)30(32(24)28(16-38)40-2)18-5-9-20(34)10-6-18/h3-12H/b31-27-,32-28+. The van der Waals surface area contributed by atoms with E-state index in [1.54, 1.807) is 12.1 Å². The fourth-order valence-corrected chi connectivity index (χ4v) is 5.02. The second-order valence-corrected chi connectivity index (χ2v) is 8.58. The lowest BCUT2D eigenvalue weighted by atomic mass is 9.91.